The van der Waals surface area contributed by atoms with Crippen LogP contribution in [0.1, 0.15) is 53.4 Å². The lowest BCUT2D eigenvalue weighted by Gasteiger charge is -2.04. The van der Waals surface area contributed by atoms with Gasteiger partial charge in [0.05, 0.1) is 13.2 Å². The zero-order valence-electron chi connectivity index (χ0n) is 11.9. The minimum atomic E-state index is -0.989. The molecule has 0 amide bonds. The normalized spacial score (nSPS) is 10.9. The van der Waals surface area contributed by atoms with E-state index in [1.165, 1.54) is 13.8 Å². The summed E-state index contributed by atoms with van der Waals surface area (Å²) in [7, 11) is 0. The maximum absolute atomic E-state index is 10.5. The number of hydrogen-bond donors (Lipinski definition) is 1. The van der Waals surface area contributed by atoms with Crippen molar-refractivity contribution < 1.29 is 24.2 Å². The van der Waals surface area contributed by atoms with Crippen LogP contribution in [0.2, 0.25) is 0 Å². The van der Waals surface area contributed by atoms with Gasteiger partial charge in [-0.2, -0.15) is 0 Å². The molecule has 1 atom stereocenters. The zero-order chi connectivity index (χ0) is 14.4. The molecule has 5 heteroatoms. The van der Waals surface area contributed by atoms with Gasteiger partial charge < -0.3 is 14.6 Å². The SMILES string of the molecule is CCCCOC(=O)C(C)O.CCCCOC(C)=O. The second-order valence-corrected chi connectivity index (χ2v) is 3.89. The first kappa shape index (κ1) is 19.2. The van der Waals surface area contributed by atoms with Crippen LogP contribution < -0.4 is 0 Å². The summed E-state index contributed by atoms with van der Waals surface area (Å²) in [5, 5.41) is 8.65. The number of rotatable bonds is 7. The van der Waals surface area contributed by atoms with Crippen LogP contribution in [0.5, 0.6) is 0 Å². The minimum Gasteiger partial charge on any atom is -0.466 e. The number of carbonyl (C=O) groups is 2. The van der Waals surface area contributed by atoms with Crippen molar-refractivity contribution in [2.24, 2.45) is 0 Å². The molecule has 0 fully saturated rings. The minimum absolute atomic E-state index is 0.182. The third kappa shape index (κ3) is 17.3. The highest BCUT2D eigenvalue weighted by Crippen LogP contribution is 1.91. The molecule has 1 N–H and O–H groups in total. The molecule has 0 aromatic heterocycles. The molecule has 0 aliphatic rings. The van der Waals surface area contributed by atoms with Crippen LogP contribution in [0.4, 0.5) is 0 Å². The maximum Gasteiger partial charge on any atom is 0.334 e. The Balaban J connectivity index is 0. The van der Waals surface area contributed by atoms with Crippen molar-refractivity contribution in [1.29, 1.82) is 0 Å². The molecular formula is C13H26O5. The first-order valence-electron chi connectivity index (χ1n) is 6.43. The number of esters is 2. The summed E-state index contributed by atoms with van der Waals surface area (Å²) in [4.78, 5) is 20.6. The van der Waals surface area contributed by atoms with Crippen LogP contribution in [0, 0.1) is 0 Å². The van der Waals surface area contributed by atoms with Gasteiger partial charge in [0.2, 0.25) is 0 Å². The second kappa shape index (κ2) is 14.0. The highest BCUT2D eigenvalue weighted by molar-refractivity contribution is 5.73. The summed E-state index contributed by atoms with van der Waals surface area (Å²) in [6, 6.07) is 0. The summed E-state index contributed by atoms with van der Waals surface area (Å²) in [5.41, 5.74) is 0. The zero-order valence-corrected chi connectivity index (χ0v) is 11.9. The second-order valence-electron chi connectivity index (χ2n) is 3.89. The molecule has 0 rings (SSSR count). The molecule has 0 saturated heterocycles. The quantitative estimate of drug-likeness (QED) is 0.561. The van der Waals surface area contributed by atoms with E-state index in [1.807, 2.05) is 6.92 Å². The number of unbranched alkanes of at least 4 members (excludes halogenated alkanes) is 2. The highest BCUT2D eigenvalue weighted by atomic mass is 16.5. The van der Waals surface area contributed by atoms with Crippen LogP contribution in [0.3, 0.4) is 0 Å². The monoisotopic (exact) mass is 262 g/mol. The predicted octanol–water partition coefficient (Wildman–Crippen LogP) is 2.06. The van der Waals surface area contributed by atoms with Crippen molar-refractivity contribution in [2.75, 3.05) is 13.2 Å². The standard InChI is InChI=1S/C7H14O3.C6H12O2/c1-3-4-5-10-7(9)6(2)8;1-3-4-5-8-6(2)7/h6,8H,3-5H2,1-2H3;3-5H2,1-2H3. The van der Waals surface area contributed by atoms with E-state index in [0.29, 0.717) is 13.2 Å². The van der Waals surface area contributed by atoms with E-state index in [-0.39, 0.29) is 5.97 Å². The lowest BCUT2D eigenvalue weighted by atomic mass is 10.3. The molecule has 0 saturated carbocycles. The average Bonchev–Trinajstić information content (AvgIpc) is 2.30. The van der Waals surface area contributed by atoms with Crippen molar-refractivity contribution in [2.45, 2.75) is 59.5 Å². The van der Waals surface area contributed by atoms with Gasteiger partial charge in [-0.15, -0.1) is 0 Å². The van der Waals surface area contributed by atoms with Crippen molar-refractivity contribution in [3.8, 4) is 0 Å². The summed E-state index contributed by atoms with van der Waals surface area (Å²) < 4.78 is 9.30. The summed E-state index contributed by atoms with van der Waals surface area (Å²) in [5.74, 6) is -0.716. The van der Waals surface area contributed by atoms with Crippen LogP contribution in [-0.2, 0) is 19.1 Å². The van der Waals surface area contributed by atoms with Gasteiger partial charge in [0.1, 0.15) is 6.10 Å². The van der Waals surface area contributed by atoms with E-state index in [4.69, 9.17) is 5.11 Å². The van der Waals surface area contributed by atoms with Gasteiger partial charge in [-0.25, -0.2) is 4.79 Å². The third-order valence-electron chi connectivity index (χ3n) is 1.89. The Kier molecular flexibility index (Phi) is 14.9. The number of carbonyl (C=O) groups excluding carboxylic acids is 2. The average molecular weight is 262 g/mol. The highest BCUT2D eigenvalue weighted by Gasteiger charge is 2.08. The van der Waals surface area contributed by atoms with E-state index in [1.54, 1.807) is 0 Å². The molecule has 0 heterocycles. The molecule has 0 bridgehead atoms. The van der Waals surface area contributed by atoms with Crippen molar-refractivity contribution in [3.63, 3.8) is 0 Å². The predicted molar refractivity (Wildman–Crippen MR) is 69.1 cm³/mol. The Hall–Kier alpha value is -1.10. The van der Waals surface area contributed by atoms with E-state index >= 15 is 0 Å². The Morgan fingerprint density at radius 3 is 1.83 bits per heavy atom. The van der Waals surface area contributed by atoms with Gasteiger partial charge in [-0.3, -0.25) is 4.79 Å². The van der Waals surface area contributed by atoms with Gasteiger partial charge >= 0.3 is 11.9 Å². The third-order valence-corrected chi connectivity index (χ3v) is 1.89. The van der Waals surface area contributed by atoms with E-state index in [9.17, 15) is 9.59 Å². The Morgan fingerprint density at radius 1 is 1.06 bits per heavy atom. The number of ether oxygens (including phenoxy) is 2. The van der Waals surface area contributed by atoms with Gasteiger partial charge in [0, 0.05) is 6.92 Å². The number of aliphatic hydroxyl groups is 1. The smallest absolute Gasteiger partial charge is 0.334 e. The topological polar surface area (TPSA) is 72.8 Å². The summed E-state index contributed by atoms with van der Waals surface area (Å²) in [6.45, 7) is 7.88. The van der Waals surface area contributed by atoms with E-state index < -0.39 is 12.1 Å². The molecule has 0 aromatic carbocycles. The van der Waals surface area contributed by atoms with Crippen molar-refractivity contribution >= 4 is 11.9 Å². The largest absolute Gasteiger partial charge is 0.466 e. The fraction of sp³-hybridized carbons (Fsp3) is 0.846. The fourth-order valence-electron chi connectivity index (χ4n) is 0.798. The van der Waals surface area contributed by atoms with Crippen LogP contribution in [0.15, 0.2) is 0 Å². The fourth-order valence-corrected chi connectivity index (χ4v) is 0.798. The van der Waals surface area contributed by atoms with Crippen LogP contribution >= 0.6 is 0 Å². The molecular weight excluding hydrogens is 236 g/mol. The maximum atomic E-state index is 10.5. The van der Waals surface area contributed by atoms with Crippen molar-refractivity contribution in [3.05, 3.63) is 0 Å². The van der Waals surface area contributed by atoms with Crippen LogP contribution in [-0.4, -0.2) is 36.4 Å². The van der Waals surface area contributed by atoms with Crippen molar-refractivity contribution in [1.82, 2.24) is 0 Å². The molecule has 1 unspecified atom stereocenters. The first-order chi connectivity index (χ1) is 8.45. The van der Waals surface area contributed by atoms with Crippen LogP contribution in [0.25, 0.3) is 0 Å². The Labute approximate surface area is 109 Å². The Morgan fingerprint density at radius 2 is 1.50 bits per heavy atom. The molecule has 0 radical (unpaired) electrons. The molecule has 18 heavy (non-hydrogen) atoms. The lowest BCUT2D eigenvalue weighted by Crippen LogP contribution is -2.19. The summed E-state index contributed by atoms with van der Waals surface area (Å²) >= 11 is 0. The number of aliphatic hydroxyl groups excluding tert-OH is 1. The van der Waals surface area contributed by atoms with Gasteiger partial charge in [0.25, 0.3) is 0 Å². The van der Waals surface area contributed by atoms with Gasteiger partial charge in [-0.1, -0.05) is 26.7 Å². The first-order valence-corrected chi connectivity index (χ1v) is 6.43. The van der Waals surface area contributed by atoms with Gasteiger partial charge in [-0.05, 0) is 19.8 Å². The van der Waals surface area contributed by atoms with Gasteiger partial charge in [0.15, 0.2) is 0 Å². The molecule has 0 spiro atoms. The Bertz CT molecular complexity index is 213. The lowest BCUT2D eigenvalue weighted by molar-refractivity contribution is -0.152. The molecule has 0 aromatic rings. The van der Waals surface area contributed by atoms with E-state index in [2.05, 4.69) is 16.4 Å². The summed E-state index contributed by atoms with van der Waals surface area (Å²) in [6.07, 6.45) is 2.91. The molecule has 0 aliphatic heterocycles. The molecule has 5 nitrogen and oxygen atoms in total. The molecule has 0 aliphatic carbocycles. The molecule has 108 valence electrons. The number of hydrogen-bond acceptors (Lipinski definition) is 5. The van der Waals surface area contributed by atoms with E-state index in [0.717, 1.165) is 25.7 Å².